The Kier molecular flexibility index (Phi) is 8.85. The lowest BCUT2D eigenvalue weighted by atomic mass is 10.1. The van der Waals surface area contributed by atoms with E-state index in [1.165, 1.54) is 0 Å². The summed E-state index contributed by atoms with van der Waals surface area (Å²) in [5.41, 5.74) is 3.07. The van der Waals surface area contributed by atoms with Crippen molar-refractivity contribution in [1.82, 2.24) is 20.1 Å². The highest BCUT2D eigenvalue weighted by atomic mass is 35.5. The van der Waals surface area contributed by atoms with E-state index in [1.54, 1.807) is 22.8 Å². The van der Waals surface area contributed by atoms with Gasteiger partial charge in [0.15, 0.2) is 11.0 Å². The minimum Gasteiger partial charge on any atom is -0.345 e. The molecule has 0 unspecified atom stereocenters. The standard InChI is InChI=1S/C28H25ClF3N5O2S/c1-16-5-4-6-19(11-16)26(39)33-14-24-35-36-27(37(24)23-12-17(2)7-8-18(23)3)40-15-25(38)34-22-13-20(28(30,31)32)9-10-21(22)29/h4-13H,14-15H2,1-3H3,(H,33,39)(H,34,38). The molecular weight excluding hydrogens is 563 g/mol. The molecule has 0 fully saturated rings. The van der Waals surface area contributed by atoms with Gasteiger partial charge in [-0.25, -0.2) is 0 Å². The molecule has 3 aromatic carbocycles. The number of carbonyl (C=O) groups excluding carboxylic acids is 2. The molecule has 0 spiro atoms. The van der Waals surface area contributed by atoms with Gasteiger partial charge in [0.25, 0.3) is 5.91 Å². The highest BCUT2D eigenvalue weighted by Gasteiger charge is 2.31. The second-order valence-corrected chi connectivity index (χ2v) is 10.5. The third-order valence-electron chi connectivity index (χ3n) is 5.89. The molecule has 208 valence electrons. The van der Waals surface area contributed by atoms with Crippen LogP contribution in [0.2, 0.25) is 5.02 Å². The van der Waals surface area contributed by atoms with Crippen molar-refractivity contribution in [3.05, 3.63) is 99.3 Å². The monoisotopic (exact) mass is 587 g/mol. The van der Waals surface area contributed by atoms with Crippen molar-refractivity contribution >= 4 is 40.9 Å². The molecule has 0 atom stereocenters. The predicted octanol–water partition coefficient (Wildman–Crippen LogP) is 6.53. The molecule has 0 saturated carbocycles. The molecule has 4 aromatic rings. The number of aryl methyl sites for hydroxylation is 3. The van der Waals surface area contributed by atoms with Crippen molar-refractivity contribution < 1.29 is 22.8 Å². The molecule has 0 aliphatic heterocycles. The van der Waals surface area contributed by atoms with Crippen molar-refractivity contribution in [2.45, 2.75) is 38.6 Å². The molecular formula is C28H25ClF3N5O2S. The van der Waals surface area contributed by atoms with Gasteiger partial charge in [-0.3, -0.25) is 14.2 Å². The van der Waals surface area contributed by atoms with E-state index in [0.717, 1.165) is 52.3 Å². The van der Waals surface area contributed by atoms with E-state index in [4.69, 9.17) is 11.6 Å². The fourth-order valence-corrected chi connectivity index (χ4v) is 4.80. The number of alkyl halides is 3. The van der Waals surface area contributed by atoms with Gasteiger partial charge >= 0.3 is 6.18 Å². The Hall–Kier alpha value is -3.83. The average Bonchev–Trinajstić information content (AvgIpc) is 3.30. The molecule has 12 heteroatoms. The Balaban J connectivity index is 1.55. The van der Waals surface area contributed by atoms with Crippen molar-refractivity contribution in [2.24, 2.45) is 0 Å². The van der Waals surface area contributed by atoms with Crippen LogP contribution in [0.5, 0.6) is 0 Å². The zero-order valence-electron chi connectivity index (χ0n) is 21.8. The molecule has 0 radical (unpaired) electrons. The van der Waals surface area contributed by atoms with E-state index >= 15 is 0 Å². The number of amides is 2. The third-order valence-corrected chi connectivity index (χ3v) is 7.15. The van der Waals surface area contributed by atoms with Gasteiger partial charge in [-0.05, 0) is 68.3 Å². The first kappa shape index (κ1) is 29.2. The first-order chi connectivity index (χ1) is 18.9. The lowest BCUT2D eigenvalue weighted by Gasteiger charge is -2.14. The van der Waals surface area contributed by atoms with E-state index in [9.17, 15) is 22.8 Å². The SMILES string of the molecule is Cc1cccc(C(=O)NCc2nnc(SCC(=O)Nc3cc(C(F)(F)F)ccc3Cl)n2-c2cc(C)ccc2C)c1. The van der Waals surface area contributed by atoms with Crippen LogP contribution >= 0.6 is 23.4 Å². The summed E-state index contributed by atoms with van der Waals surface area (Å²) in [5, 5.41) is 14.2. The highest BCUT2D eigenvalue weighted by Crippen LogP contribution is 2.34. The number of aromatic nitrogens is 3. The Morgan fingerprint density at radius 3 is 2.45 bits per heavy atom. The maximum Gasteiger partial charge on any atom is 0.416 e. The molecule has 0 aliphatic rings. The number of hydrogen-bond donors (Lipinski definition) is 2. The highest BCUT2D eigenvalue weighted by molar-refractivity contribution is 7.99. The predicted molar refractivity (Wildman–Crippen MR) is 149 cm³/mol. The fourth-order valence-electron chi connectivity index (χ4n) is 3.87. The zero-order chi connectivity index (χ0) is 29.0. The van der Waals surface area contributed by atoms with Crippen LogP contribution in [0.3, 0.4) is 0 Å². The Morgan fingerprint density at radius 2 is 1.73 bits per heavy atom. The summed E-state index contributed by atoms with van der Waals surface area (Å²) in [6.45, 7) is 5.82. The first-order valence-electron chi connectivity index (χ1n) is 12.1. The number of carbonyl (C=O) groups is 2. The van der Waals surface area contributed by atoms with Gasteiger partial charge in [0.1, 0.15) is 0 Å². The molecule has 2 amide bonds. The quantitative estimate of drug-likeness (QED) is 0.229. The van der Waals surface area contributed by atoms with Gasteiger partial charge in [0, 0.05) is 5.56 Å². The second kappa shape index (κ2) is 12.1. The van der Waals surface area contributed by atoms with Crippen molar-refractivity contribution in [2.75, 3.05) is 11.1 Å². The number of rotatable bonds is 8. The zero-order valence-corrected chi connectivity index (χ0v) is 23.3. The Morgan fingerprint density at radius 1 is 0.975 bits per heavy atom. The van der Waals surface area contributed by atoms with Gasteiger partial charge in [-0.15, -0.1) is 10.2 Å². The average molecular weight is 588 g/mol. The molecule has 4 rings (SSSR count). The van der Waals surface area contributed by atoms with Crippen LogP contribution in [0, 0.1) is 20.8 Å². The molecule has 1 heterocycles. The summed E-state index contributed by atoms with van der Waals surface area (Å²) < 4.78 is 41.1. The lowest BCUT2D eigenvalue weighted by molar-refractivity contribution is -0.137. The van der Waals surface area contributed by atoms with Gasteiger partial charge in [0.2, 0.25) is 5.91 Å². The van der Waals surface area contributed by atoms with E-state index in [0.29, 0.717) is 16.5 Å². The summed E-state index contributed by atoms with van der Waals surface area (Å²) in [4.78, 5) is 25.4. The molecule has 0 saturated heterocycles. The molecule has 40 heavy (non-hydrogen) atoms. The smallest absolute Gasteiger partial charge is 0.345 e. The van der Waals surface area contributed by atoms with Crippen LogP contribution in [0.1, 0.15) is 38.4 Å². The van der Waals surface area contributed by atoms with E-state index in [2.05, 4.69) is 20.8 Å². The molecule has 7 nitrogen and oxygen atoms in total. The van der Waals surface area contributed by atoms with Gasteiger partial charge < -0.3 is 10.6 Å². The van der Waals surface area contributed by atoms with Crippen LogP contribution in [0.4, 0.5) is 18.9 Å². The van der Waals surface area contributed by atoms with Gasteiger partial charge in [-0.2, -0.15) is 13.2 Å². The summed E-state index contributed by atoms with van der Waals surface area (Å²) in [5.74, 6) is -0.578. The van der Waals surface area contributed by atoms with E-state index < -0.39 is 17.6 Å². The fraction of sp³-hybridized carbons (Fsp3) is 0.214. The maximum absolute atomic E-state index is 13.1. The van der Waals surface area contributed by atoms with Gasteiger partial charge in [0.05, 0.1) is 34.3 Å². The summed E-state index contributed by atoms with van der Waals surface area (Å²) in [6.07, 6.45) is -4.58. The number of halogens is 4. The summed E-state index contributed by atoms with van der Waals surface area (Å²) in [6, 6.07) is 15.8. The van der Waals surface area contributed by atoms with Crippen molar-refractivity contribution in [3.8, 4) is 5.69 Å². The van der Waals surface area contributed by atoms with Crippen LogP contribution in [0.25, 0.3) is 5.69 Å². The number of hydrogen-bond acceptors (Lipinski definition) is 5. The van der Waals surface area contributed by atoms with Crippen LogP contribution in [0.15, 0.2) is 65.8 Å². The van der Waals surface area contributed by atoms with Crippen LogP contribution in [-0.4, -0.2) is 32.3 Å². The van der Waals surface area contributed by atoms with Gasteiger partial charge in [-0.1, -0.05) is 53.2 Å². The first-order valence-corrected chi connectivity index (χ1v) is 13.4. The number of thioether (sulfide) groups is 1. The number of benzene rings is 3. The summed E-state index contributed by atoms with van der Waals surface area (Å²) in [7, 11) is 0. The number of anilines is 1. The molecule has 0 bridgehead atoms. The normalized spacial score (nSPS) is 11.4. The Bertz CT molecular complexity index is 1570. The van der Waals surface area contributed by atoms with E-state index in [1.807, 2.05) is 45.0 Å². The minimum absolute atomic E-state index is 0.0171. The second-order valence-electron chi connectivity index (χ2n) is 9.11. The molecule has 0 aliphatic carbocycles. The topological polar surface area (TPSA) is 88.9 Å². The Labute approximate surface area is 238 Å². The maximum atomic E-state index is 13.1. The van der Waals surface area contributed by atoms with Crippen LogP contribution < -0.4 is 10.6 Å². The number of nitrogens with zero attached hydrogens (tertiary/aromatic N) is 3. The lowest BCUT2D eigenvalue weighted by Crippen LogP contribution is -2.25. The largest absolute Gasteiger partial charge is 0.416 e. The minimum atomic E-state index is -4.58. The van der Waals surface area contributed by atoms with Crippen LogP contribution in [-0.2, 0) is 17.5 Å². The third kappa shape index (κ3) is 7.02. The molecule has 1 aromatic heterocycles. The molecule has 2 N–H and O–H groups in total. The number of nitrogens with one attached hydrogen (secondary N) is 2. The van der Waals surface area contributed by atoms with Crippen molar-refractivity contribution in [1.29, 1.82) is 0 Å². The summed E-state index contributed by atoms with van der Waals surface area (Å²) >= 11 is 7.06. The van der Waals surface area contributed by atoms with E-state index in [-0.39, 0.29) is 28.9 Å². The van der Waals surface area contributed by atoms with Crippen molar-refractivity contribution in [3.63, 3.8) is 0 Å².